The van der Waals surface area contributed by atoms with Crippen molar-refractivity contribution in [3.63, 3.8) is 0 Å². The summed E-state index contributed by atoms with van der Waals surface area (Å²) >= 11 is 0. The van der Waals surface area contributed by atoms with E-state index >= 15 is 0 Å². The summed E-state index contributed by atoms with van der Waals surface area (Å²) in [5.74, 6) is -0.842. The van der Waals surface area contributed by atoms with E-state index in [-0.39, 0.29) is 18.9 Å². The number of methoxy groups -OCH3 is 1. The number of esters is 1. The minimum Gasteiger partial charge on any atom is -0.497 e. The molecule has 142 valence electrons. The molecule has 2 aromatic rings. The molecule has 0 radical (unpaired) electrons. The molecule has 27 heavy (non-hydrogen) atoms. The summed E-state index contributed by atoms with van der Waals surface area (Å²) in [6.07, 6.45) is 0. The van der Waals surface area contributed by atoms with Crippen molar-refractivity contribution in [2.75, 3.05) is 20.3 Å². The van der Waals surface area contributed by atoms with Crippen molar-refractivity contribution in [3.8, 4) is 5.75 Å². The molecular weight excluding hydrogens is 346 g/mol. The number of amides is 1. The number of ketones is 1. The Morgan fingerprint density at radius 2 is 1.67 bits per heavy atom. The van der Waals surface area contributed by atoms with Gasteiger partial charge in [0.1, 0.15) is 12.3 Å². The fraction of sp³-hybridized carbons (Fsp3) is 0.286. The minimum absolute atomic E-state index is 0.275. The van der Waals surface area contributed by atoms with E-state index in [0.29, 0.717) is 16.9 Å². The van der Waals surface area contributed by atoms with Gasteiger partial charge in [-0.25, -0.2) is 0 Å². The Balaban J connectivity index is 1.86. The van der Waals surface area contributed by atoms with Gasteiger partial charge >= 0.3 is 5.97 Å². The zero-order valence-corrected chi connectivity index (χ0v) is 15.9. The van der Waals surface area contributed by atoms with Crippen molar-refractivity contribution in [2.45, 2.75) is 20.8 Å². The van der Waals surface area contributed by atoms with Gasteiger partial charge in [0.2, 0.25) is 5.78 Å². The van der Waals surface area contributed by atoms with E-state index in [9.17, 15) is 14.4 Å². The third-order valence-corrected chi connectivity index (χ3v) is 4.23. The average Bonchev–Trinajstić information content (AvgIpc) is 2.66. The number of carbonyl (C=O) groups is 3. The quantitative estimate of drug-likeness (QED) is 0.599. The number of hydrogen-bond acceptors (Lipinski definition) is 5. The van der Waals surface area contributed by atoms with Crippen LogP contribution < -0.4 is 10.1 Å². The van der Waals surface area contributed by atoms with Gasteiger partial charge in [0.25, 0.3) is 5.91 Å². The first-order chi connectivity index (χ1) is 12.8. The monoisotopic (exact) mass is 369 g/mol. The number of nitrogens with one attached hydrogen (secondary N) is 1. The van der Waals surface area contributed by atoms with Crippen molar-refractivity contribution < 1.29 is 23.9 Å². The fourth-order valence-corrected chi connectivity index (χ4v) is 2.55. The van der Waals surface area contributed by atoms with Crippen LogP contribution in [-0.4, -0.2) is 37.9 Å². The number of benzene rings is 2. The number of carbonyl (C=O) groups excluding carboxylic acids is 3. The molecule has 2 aromatic carbocycles. The Labute approximate surface area is 158 Å². The normalized spacial score (nSPS) is 10.2. The van der Waals surface area contributed by atoms with Gasteiger partial charge < -0.3 is 14.8 Å². The van der Waals surface area contributed by atoms with Crippen molar-refractivity contribution in [1.82, 2.24) is 5.32 Å². The van der Waals surface area contributed by atoms with E-state index in [2.05, 4.69) is 5.32 Å². The predicted octanol–water partition coefficient (Wildman–Crippen LogP) is 2.78. The molecule has 0 saturated carbocycles. The van der Waals surface area contributed by atoms with E-state index in [1.807, 2.05) is 26.8 Å². The van der Waals surface area contributed by atoms with Gasteiger partial charge in [-0.1, -0.05) is 12.1 Å². The van der Waals surface area contributed by atoms with Crippen LogP contribution in [0.25, 0.3) is 0 Å². The molecule has 0 unspecified atom stereocenters. The Morgan fingerprint density at radius 3 is 2.37 bits per heavy atom. The molecule has 2 rings (SSSR count). The zero-order valence-electron chi connectivity index (χ0n) is 15.9. The Bertz CT molecular complexity index is 873. The fourth-order valence-electron chi connectivity index (χ4n) is 2.55. The zero-order chi connectivity index (χ0) is 20.0. The molecule has 1 N–H and O–H groups in total. The van der Waals surface area contributed by atoms with Crippen LogP contribution in [0.2, 0.25) is 0 Å². The molecule has 0 fully saturated rings. The predicted molar refractivity (Wildman–Crippen MR) is 101 cm³/mol. The third-order valence-electron chi connectivity index (χ3n) is 4.23. The standard InChI is InChI=1S/C21H23NO5/c1-13-8-15(3)18(9-14(13)2)19(23)12-27-20(24)11-22-21(25)16-6-5-7-17(10-16)26-4/h5-10H,11-12H2,1-4H3,(H,22,25). The van der Waals surface area contributed by atoms with Gasteiger partial charge in [-0.05, 0) is 61.7 Å². The maximum atomic E-state index is 12.3. The van der Waals surface area contributed by atoms with Gasteiger partial charge in [-0.2, -0.15) is 0 Å². The van der Waals surface area contributed by atoms with Crippen LogP contribution in [0.3, 0.4) is 0 Å². The smallest absolute Gasteiger partial charge is 0.325 e. The topological polar surface area (TPSA) is 81.7 Å². The molecule has 6 nitrogen and oxygen atoms in total. The second-order valence-electron chi connectivity index (χ2n) is 6.25. The van der Waals surface area contributed by atoms with Crippen molar-refractivity contribution in [1.29, 1.82) is 0 Å². The van der Waals surface area contributed by atoms with Crippen LogP contribution >= 0.6 is 0 Å². The first-order valence-electron chi connectivity index (χ1n) is 8.50. The lowest BCUT2D eigenvalue weighted by Gasteiger charge is -2.10. The SMILES string of the molecule is COc1cccc(C(=O)NCC(=O)OCC(=O)c2cc(C)c(C)cc2C)c1. The molecule has 0 bridgehead atoms. The van der Waals surface area contributed by atoms with E-state index < -0.39 is 11.9 Å². The Morgan fingerprint density at radius 1 is 0.963 bits per heavy atom. The number of aryl methyl sites for hydroxylation is 3. The lowest BCUT2D eigenvalue weighted by Crippen LogP contribution is -2.31. The molecule has 1 amide bonds. The average molecular weight is 369 g/mol. The van der Waals surface area contributed by atoms with Crippen molar-refractivity contribution in [2.24, 2.45) is 0 Å². The lowest BCUT2D eigenvalue weighted by atomic mass is 9.98. The number of Topliss-reactive ketones (excluding diaryl/α,β-unsaturated/α-hetero) is 1. The summed E-state index contributed by atoms with van der Waals surface area (Å²) < 4.78 is 10.0. The van der Waals surface area contributed by atoms with Crippen LogP contribution in [0.1, 0.15) is 37.4 Å². The summed E-state index contributed by atoms with van der Waals surface area (Å²) in [5, 5.41) is 2.46. The molecule has 6 heteroatoms. The maximum Gasteiger partial charge on any atom is 0.325 e. The minimum atomic E-state index is -0.680. The first-order valence-corrected chi connectivity index (χ1v) is 8.50. The molecule has 0 atom stereocenters. The Kier molecular flexibility index (Phi) is 6.71. The van der Waals surface area contributed by atoms with E-state index in [1.54, 1.807) is 30.3 Å². The van der Waals surface area contributed by atoms with Crippen LogP contribution in [0.4, 0.5) is 0 Å². The van der Waals surface area contributed by atoms with E-state index in [4.69, 9.17) is 9.47 Å². The van der Waals surface area contributed by atoms with Crippen LogP contribution in [0, 0.1) is 20.8 Å². The second-order valence-corrected chi connectivity index (χ2v) is 6.25. The second kappa shape index (κ2) is 8.98. The lowest BCUT2D eigenvalue weighted by molar-refractivity contribution is -0.141. The summed E-state index contributed by atoms with van der Waals surface area (Å²) in [7, 11) is 1.50. The molecule has 0 aromatic heterocycles. The Hall–Kier alpha value is -3.15. The molecule has 0 aliphatic carbocycles. The van der Waals surface area contributed by atoms with Crippen LogP contribution in [-0.2, 0) is 9.53 Å². The van der Waals surface area contributed by atoms with Crippen molar-refractivity contribution in [3.05, 3.63) is 64.2 Å². The number of hydrogen-bond donors (Lipinski definition) is 1. The summed E-state index contributed by atoms with van der Waals surface area (Å²) in [6.45, 7) is 5.05. The van der Waals surface area contributed by atoms with Crippen LogP contribution in [0.5, 0.6) is 5.75 Å². The third kappa shape index (κ3) is 5.41. The van der Waals surface area contributed by atoms with Gasteiger partial charge in [0.15, 0.2) is 6.61 Å². The number of rotatable bonds is 7. The molecule has 0 spiro atoms. The maximum absolute atomic E-state index is 12.3. The van der Waals surface area contributed by atoms with Gasteiger partial charge in [-0.3, -0.25) is 14.4 Å². The highest BCUT2D eigenvalue weighted by Gasteiger charge is 2.14. The molecule has 0 aliphatic heterocycles. The molecule has 0 saturated heterocycles. The van der Waals surface area contributed by atoms with E-state index in [0.717, 1.165) is 16.7 Å². The van der Waals surface area contributed by atoms with Gasteiger partial charge in [0, 0.05) is 11.1 Å². The first kappa shape index (κ1) is 20.2. The highest BCUT2D eigenvalue weighted by molar-refractivity contribution is 6.00. The van der Waals surface area contributed by atoms with Crippen LogP contribution in [0.15, 0.2) is 36.4 Å². The largest absolute Gasteiger partial charge is 0.497 e. The van der Waals surface area contributed by atoms with Gasteiger partial charge in [-0.15, -0.1) is 0 Å². The molecule has 0 heterocycles. The highest BCUT2D eigenvalue weighted by Crippen LogP contribution is 2.16. The molecule has 0 aliphatic rings. The van der Waals surface area contributed by atoms with Crippen molar-refractivity contribution >= 4 is 17.7 Å². The molecular formula is C21H23NO5. The summed E-state index contributed by atoms with van der Waals surface area (Å²) in [6, 6.07) is 10.3. The summed E-state index contributed by atoms with van der Waals surface area (Å²) in [5.41, 5.74) is 3.84. The van der Waals surface area contributed by atoms with Gasteiger partial charge in [0.05, 0.1) is 7.11 Å². The van der Waals surface area contributed by atoms with E-state index in [1.165, 1.54) is 7.11 Å². The summed E-state index contributed by atoms with van der Waals surface area (Å²) in [4.78, 5) is 36.2. The highest BCUT2D eigenvalue weighted by atomic mass is 16.5. The number of ether oxygens (including phenoxy) is 2.